The molecule has 1 amide bonds. The highest BCUT2D eigenvalue weighted by molar-refractivity contribution is 7.11. The van der Waals surface area contributed by atoms with Gasteiger partial charge < -0.3 is 14.4 Å². The minimum Gasteiger partial charge on any atom is -0.467 e. The zero-order valence-electron chi connectivity index (χ0n) is 13.3. The molecular formula is C17H22N2O3S. The molecule has 1 N–H and O–H groups in total. The molecule has 0 spiro atoms. The Labute approximate surface area is 140 Å². The molecule has 1 aliphatic heterocycles. The van der Waals surface area contributed by atoms with Gasteiger partial charge in [-0.25, -0.2) is 4.98 Å². The number of amides is 1. The highest BCUT2D eigenvalue weighted by Gasteiger charge is 2.30. The monoisotopic (exact) mass is 334 g/mol. The average molecular weight is 334 g/mol. The van der Waals surface area contributed by atoms with Gasteiger partial charge in [0.25, 0.3) is 5.91 Å². The highest BCUT2D eigenvalue weighted by atomic mass is 32.1. The molecule has 0 aliphatic carbocycles. The second-order valence-corrected chi connectivity index (χ2v) is 6.89. The quantitative estimate of drug-likeness (QED) is 0.928. The molecule has 1 saturated heterocycles. The summed E-state index contributed by atoms with van der Waals surface area (Å²) in [5, 5.41) is 10.4. The number of aryl methyl sites for hydroxylation is 1. The summed E-state index contributed by atoms with van der Waals surface area (Å²) in [6.07, 6.45) is 5.54. The summed E-state index contributed by atoms with van der Waals surface area (Å²) in [6.45, 7) is 2.61. The molecule has 3 heterocycles. The Balaban J connectivity index is 1.77. The second-order valence-electron chi connectivity index (χ2n) is 6.04. The fourth-order valence-electron chi connectivity index (χ4n) is 3.18. The number of hydrogen-bond donors (Lipinski definition) is 1. The first-order valence-electron chi connectivity index (χ1n) is 8.09. The summed E-state index contributed by atoms with van der Waals surface area (Å²) in [5.74, 6) is 0.610. The number of carbonyl (C=O) groups is 1. The largest absolute Gasteiger partial charge is 0.467 e. The van der Waals surface area contributed by atoms with Crippen LogP contribution < -0.4 is 0 Å². The lowest BCUT2D eigenvalue weighted by atomic mass is 10.0. The minimum atomic E-state index is -0.675. The predicted molar refractivity (Wildman–Crippen MR) is 88.4 cm³/mol. The molecule has 2 aromatic heterocycles. The van der Waals surface area contributed by atoms with E-state index in [-0.39, 0.29) is 11.9 Å². The first kappa shape index (κ1) is 16.2. The number of likely N-dealkylation sites (tertiary alicyclic amines) is 1. The normalized spacial score (nSPS) is 20.3. The maximum absolute atomic E-state index is 12.9. The van der Waals surface area contributed by atoms with Gasteiger partial charge in [0, 0.05) is 19.0 Å². The first-order chi connectivity index (χ1) is 11.2. The van der Waals surface area contributed by atoms with Crippen LogP contribution in [0.15, 0.2) is 28.3 Å². The molecule has 0 radical (unpaired) electrons. The molecule has 2 atom stereocenters. The average Bonchev–Trinajstić information content (AvgIpc) is 3.16. The van der Waals surface area contributed by atoms with Gasteiger partial charge in [-0.3, -0.25) is 4.79 Å². The van der Waals surface area contributed by atoms with Crippen molar-refractivity contribution in [2.45, 2.75) is 51.2 Å². The van der Waals surface area contributed by atoms with Crippen molar-refractivity contribution < 1.29 is 14.3 Å². The molecule has 23 heavy (non-hydrogen) atoms. The van der Waals surface area contributed by atoms with Crippen molar-refractivity contribution in [3.8, 4) is 0 Å². The van der Waals surface area contributed by atoms with E-state index in [9.17, 15) is 9.90 Å². The lowest BCUT2D eigenvalue weighted by molar-refractivity contribution is 0.0561. The Kier molecular flexibility index (Phi) is 5.13. The van der Waals surface area contributed by atoms with Crippen molar-refractivity contribution >= 4 is 17.2 Å². The third-order valence-electron chi connectivity index (χ3n) is 4.44. The SMILES string of the molecule is Cc1ncsc1C(=O)N1CCCCC[C@@H]1C[C@@H](O)c1ccco1. The second kappa shape index (κ2) is 7.27. The maximum atomic E-state index is 12.9. The summed E-state index contributed by atoms with van der Waals surface area (Å²) in [7, 11) is 0. The summed E-state index contributed by atoms with van der Waals surface area (Å²) >= 11 is 1.39. The number of aliphatic hydroxyl groups is 1. The molecule has 5 nitrogen and oxygen atoms in total. The van der Waals surface area contributed by atoms with Crippen molar-refractivity contribution in [3.05, 3.63) is 40.2 Å². The molecule has 124 valence electrons. The van der Waals surface area contributed by atoms with E-state index in [1.807, 2.05) is 11.8 Å². The number of thiazole rings is 1. The van der Waals surface area contributed by atoms with Crippen LogP contribution >= 0.6 is 11.3 Å². The van der Waals surface area contributed by atoms with Crippen LogP contribution in [0.4, 0.5) is 0 Å². The van der Waals surface area contributed by atoms with Gasteiger partial charge in [-0.1, -0.05) is 12.8 Å². The van der Waals surface area contributed by atoms with Crippen molar-refractivity contribution in [1.82, 2.24) is 9.88 Å². The number of aliphatic hydroxyl groups excluding tert-OH is 1. The van der Waals surface area contributed by atoms with Crippen LogP contribution in [-0.4, -0.2) is 33.5 Å². The molecule has 1 fully saturated rings. The molecule has 0 aromatic carbocycles. The van der Waals surface area contributed by atoms with Crippen molar-refractivity contribution in [2.75, 3.05) is 6.54 Å². The standard InChI is InChI=1S/C17H22N2O3S/c1-12-16(23-11-18-12)17(21)19-8-4-2-3-6-13(19)10-14(20)15-7-5-9-22-15/h5,7,9,11,13-14,20H,2-4,6,8,10H2,1H3/t13-,14-/m1/s1. The fraction of sp³-hybridized carbons (Fsp3) is 0.529. The Morgan fingerprint density at radius 3 is 3.09 bits per heavy atom. The smallest absolute Gasteiger partial charge is 0.266 e. The van der Waals surface area contributed by atoms with Crippen LogP contribution in [0.3, 0.4) is 0 Å². The van der Waals surface area contributed by atoms with Gasteiger partial charge in [-0.15, -0.1) is 11.3 Å². The van der Waals surface area contributed by atoms with Crippen LogP contribution in [0.5, 0.6) is 0 Å². The molecule has 6 heteroatoms. The van der Waals surface area contributed by atoms with Gasteiger partial charge in [0.15, 0.2) is 0 Å². The van der Waals surface area contributed by atoms with E-state index in [0.29, 0.717) is 17.1 Å². The van der Waals surface area contributed by atoms with Crippen molar-refractivity contribution in [2.24, 2.45) is 0 Å². The minimum absolute atomic E-state index is 0.0339. The molecule has 1 aliphatic rings. The number of nitrogens with zero attached hydrogens (tertiary/aromatic N) is 2. The van der Waals surface area contributed by atoms with Gasteiger partial charge in [-0.05, 0) is 31.9 Å². The number of rotatable bonds is 4. The number of carbonyl (C=O) groups excluding carboxylic acids is 1. The first-order valence-corrected chi connectivity index (χ1v) is 8.97. The lowest BCUT2D eigenvalue weighted by Crippen LogP contribution is -2.40. The van der Waals surface area contributed by atoms with Gasteiger partial charge in [-0.2, -0.15) is 0 Å². The maximum Gasteiger partial charge on any atom is 0.266 e. The fourth-order valence-corrected chi connectivity index (χ4v) is 3.94. The van der Waals surface area contributed by atoms with Gasteiger partial charge in [0.05, 0.1) is 17.5 Å². The van der Waals surface area contributed by atoms with Gasteiger partial charge >= 0.3 is 0 Å². The Morgan fingerprint density at radius 2 is 2.39 bits per heavy atom. The molecular weight excluding hydrogens is 312 g/mol. The van der Waals surface area contributed by atoms with Crippen LogP contribution in [0.25, 0.3) is 0 Å². The van der Waals surface area contributed by atoms with Gasteiger partial charge in [0.1, 0.15) is 16.7 Å². The van der Waals surface area contributed by atoms with E-state index < -0.39 is 6.10 Å². The van der Waals surface area contributed by atoms with Crippen molar-refractivity contribution in [1.29, 1.82) is 0 Å². The Bertz CT molecular complexity index is 638. The third kappa shape index (κ3) is 3.64. The lowest BCUT2D eigenvalue weighted by Gasteiger charge is -2.31. The Hall–Kier alpha value is -1.66. The summed E-state index contributed by atoms with van der Waals surface area (Å²) in [4.78, 5) is 19.7. The zero-order valence-corrected chi connectivity index (χ0v) is 14.1. The van der Waals surface area contributed by atoms with E-state index in [1.54, 1.807) is 23.9 Å². The van der Waals surface area contributed by atoms with E-state index in [2.05, 4.69) is 4.98 Å². The van der Waals surface area contributed by atoms with Crippen LogP contribution in [0.1, 0.15) is 59.3 Å². The van der Waals surface area contributed by atoms with Gasteiger partial charge in [0.2, 0.25) is 0 Å². The molecule has 0 bridgehead atoms. The third-order valence-corrected chi connectivity index (χ3v) is 5.36. The predicted octanol–water partition coefficient (Wildman–Crippen LogP) is 3.55. The molecule has 3 rings (SSSR count). The number of hydrogen-bond acceptors (Lipinski definition) is 5. The molecule has 2 aromatic rings. The van der Waals surface area contributed by atoms with E-state index in [0.717, 1.165) is 37.9 Å². The van der Waals surface area contributed by atoms with Crippen LogP contribution in [-0.2, 0) is 0 Å². The van der Waals surface area contributed by atoms with Crippen molar-refractivity contribution in [3.63, 3.8) is 0 Å². The highest BCUT2D eigenvalue weighted by Crippen LogP contribution is 2.28. The van der Waals surface area contributed by atoms with E-state index in [4.69, 9.17) is 4.42 Å². The summed E-state index contributed by atoms with van der Waals surface area (Å²) < 4.78 is 5.29. The topological polar surface area (TPSA) is 66.6 Å². The van der Waals surface area contributed by atoms with E-state index in [1.165, 1.54) is 11.3 Å². The summed E-state index contributed by atoms with van der Waals surface area (Å²) in [5.41, 5.74) is 2.50. The molecule has 0 saturated carbocycles. The summed E-state index contributed by atoms with van der Waals surface area (Å²) in [6, 6.07) is 3.59. The Morgan fingerprint density at radius 1 is 1.52 bits per heavy atom. The van der Waals surface area contributed by atoms with Crippen LogP contribution in [0, 0.1) is 6.92 Å². The zero-order chi connectivity index (χ0) is 16.2. The number of furan rings is 1. The van der Waals surface area contributed by atoms with E-state index >= 15 is 0 Å². The van der Waals surface area contributed by atoms with Crippen LogP contribution in [0.2, 0.25) is 0 Å². The molecule has 0 unspecified atom stereocenters. The number of aromatic nitrogens is 1.